The SMILES string of the molecule is CC(C)(C)C1CC(F)C1. The molecule has 0 aromatic carbocycles. The van der Waals surface area contributed by atoms with Gasteiger partial charge in [0.15, 0.2) is 0 Å². The number of rotatable bonds is 0. The van der Waals surface area contributed by atoms with Crippen LogP contribution in [0.15, 0.2) is 0 Å². The van der Waals surface area contributed by atoms with Gasteiger partial charge < -0.3 is 0 Å². The fourth-order valence-corrected chi connectivity index (χ4v) is 1.26. The molecular formula is C8H15F. The molecule has 0 heterocycles. The van der Waals surface area contributed by atoms with Crippen LogP contribution in [0.3, 0.4) is 0 Å². The molecule has 0 bridgehead atoms. The molecular weight excluding hydrogens is 115 g/mol. The molecule has 0 nitrogen and oxygen atoms in total. The van der Waals surface area contributed by atoms with Crippen molar-refractivity contribution in [1.82, 2.24) is 0 Å². The van der Waals surface area contributed by atoms with E-state index < -0.39 is 6.17 Å². The van der Waals surface area contributed by atoms with Crippen LogP contribution in [0.25, 0.3) is 0 Å². The zero-order chi connectivity index (χ0) is 7.07. The molecule has 54 valence electrons. The summed E-state index contributed by atoms with van der Waals surface area (Å²) in [6, 6.07) is 0. The first-order chi connectivity index (χ1) is 4.00. The van der Waals surface area contributed by atoms with Crippen molar-refractivity contribution >= 4 is 0 Å². The fourth-order valence-electron chi connectivity index (χ4n) is 1.26. The van der Waals surface area contributed by atoms with Crippen LogP contribution in [0.5, 0.6) is 0 Å². The third-order valence-corrected chi connectivity index (χ3v) is 2.31. The summed E-state index contributed by atoms with van der Waals surface area (Å²) in [5, 5.41) is 0. The highest BCUT2D eigenvalue weighted by Gasteiger charge is 2.36. The van der Waals surface area contributed by atoms with Crippen LogP contribution in [0.2, 0.25) is 0 Å². The van der Waals surface area contributed by atoms with Gasteiger partial charge in [-0.2, -0.15) is 0 Å². The molecule has 9 heavy (non-hydrogen) atoms. The van der Waals surface area contributed by atoms with Crippen LogP contribution >= 0.6 is 0 Å². The van der Waals surface area contributed by atoms with Crippen LogP contribution in [-0.2, 0) is 0 Å². The van der Waals surface area contributed by atoms with Gasteiger partial charge in [-0.05, 0) is 24.2 Å². The Morgan fingerprint density at radius 2 is 1.67 bits per heavy atom. The van der Waals surface area contributed by atoms with Crippen molar-refractivity contribution in [3.63, 3.8) is 0 Å². The second-order valence-electron chi connectivity index (χ2n) is 4.13. The molecule has 0 radical (unpaired) electrons. The van der Waals surface area contributed by atoms with E-state index in [2.05, 4.69) is 20.8 Å². The standard InChI is InChI=1S/C8H15F/c1-8(2,3)6-4-7(9)5-6/h6-7H,4-5H2,1-3H3. The summed E-state index contributed by atoms with van der Waals surface area (Å²) in [6.07, 6.45) is 1.10. The maximum atomic E-state index is 12.3. The van der Waals surface area contributed by atoms with E-state index in [1.807, 2.05) is 0 Å². The van der Waals surface area contributed by atoms with E-state index in [1.165, 1.54) is 0 Å². The smallest absolute Gasteiger partial charge is 0.101 e. The first-order valence-electron chi connectivity index (χ1n) is 3.64. The summed E-state index contributed by atoms with van der Waals surface area (Å²) in [7, 11) is 0. The molecule has 0 atom stereocenters. The van der Waals surface area contributed by atoms with Crippen molar-refractivity contribution in [2.24, 2.45) is 11.3 Å². The number of hydrogen-bond acceptors (Lipinski definition) is 0. The molecule has 0 N–H and O–H groups in total. The highest BCUT2D eigenvalue weighted by molar-refractivity contribution is 4.86. The maximum Gasteiger partial charge on any atom is 0.101 e. The number of alkyl halides is 1. The summed E-state index contributed by atoms with van der Waals surface area (Å²) in [4.78, 5) is 0. The lowest BCUT2D eigenvalue weighted by molar-refractivity contribution is 0.0478. The van der Waals surface area contributed by atoms with Crippen LogP contribution in [0.1, 0.15) is 33.6 Å². The van der Waals surface area contributed by atoms with E-state index in [-0.39, 0.29) is 0 Å². The Morgan fingerprint density at radius 3 is 1.78 bits per heavy atom. The molecule has 0 aromatic heterocycles. The second kappa shape index (κ2) is 1.96. The van der Waals surface area contributed by atoms with Crippen molar-refractivity contribution < 1.29 is 4.39 Å². The zero-order valence-electron chi connectivity index (χ0n) is 6.45. The van der Waals surface area contributed by atoms with Crippen molar-refractivity contribution in [3.05, 3.63) is 0 Å². The Labute approximate surface area is 56.5 Å². The molecule has 1 rings (SSSR count). The van der Waals surface area contributed by atoms with Gasteiger partial charge in [0.1, 0.15) is 6.17 Å². The van der Waals surface area contributed by atoms with Crippen LogP contribution < -0.4 is 0 Å². The van der Waals surface area contributed by atoms with Crippen LogP contribution in [0, 0.1) is 11.3 Å². The Kier molecular flexibility index (Phi) is 1.54. The molecule has 0 spiro atoms. The lowest BCUT2D eigenvalue weighted by Crippen LogP contribution is -2.34. The first-order valence-corrected chi connectivity index (χ1v) is 3.64. The van der Waals surface area contributed by atoms with Gasteiger partial charge in [-0.3, -0.25) is 0 Å². The molecule has 0 saturated heterocycles. The Hall–Kier alpha value is -0.0700. The number of hydrogen-bond donors (Lipinski definition) is 0. The summed E-state index contributed by atoms with van der Waals surface area (Å²) in [6.45, 7) is 6.55. The van der Waals surface area contributed by atoms with E-state index in [0.717, 1.165) is 12.8 Å². The van der Waals surface area contributed by atoms with Crippen molar-refractivity contribution in [3.8, 4) is 0 Å². The third kappa shape index (κ3) is 1.44. The van der Waals surface area contributed by atoms with Gasteiger partial charge in [-0.1, -0.05) is 20.8 Å². The monoisotopic (exact) mass is 130 g/mol. The van der Waals surface area contributed by atoms with Gasteiger partial charge in [-0.25, -0.2) is 4.39 Å². The Morgan fingerprint density at radius 1 is 1.22 bits per heavy atom. The molecule has 1 aliphatic rings. The van der Waals surface area contributed by atoms with E-state index in [0.29, 0.717) is 11.3 Å². The van der Waals surface area contributed by atoms with Crippen LogP contribution in [-0.4, -0.2) is 6.17 Å². The van der Waals surface area contributed by atoms with E-state index in [1.54, 1.807) is 0 Å². The highest BCUT2D eigenvalue weighted by atomic mass is 19.1. The third-order valence-electron chi connectivity index (χ3n) is 2.31. The molecule has 1 heteroatoms. The Bertz CT molecular complexity index is 95.6. The maximum absolute atomic E-state index is 12.3. The molecule has 1 aliphatic carbocycles. The van der Waals surface area contributed by atoms with Crippen molar-refractivity contribution in [1.29, 1.82) is 0 Å². The lowest BCUT2D eigenvalue weighted by atomic mass is 9.68. The molecule has 0 amide bonds. The van der Waals surface area contributed by atoms with E-state index in [4.69, 9.17) is 0 Å². The predicted octanol–water partition coefficient (Wildman–Crippen LogP) is 2.78. The Balaban J connectivity index is 2.32. The summed E-state index contributed by atoms with van der Waals surface area (Å²) >= 11 is 0. The molecule has 0 aliphatic heterocycles. The van der Waals surface area contributed by atoms with Gasteiger partial charge >= 0.3 is 0 Å². The fraction of sp³-hybridized carbons (Fsp3) is 1.00. The minimum absolute atomic E-state index is 0.336. The minimum atomic E-state index is -0.491. The van der Waals surface area contributed by atoms with E-state index >= 15 is 0 Å². The summed E-state index contributed by atoms with van der Waals surface area (Å²) in [5.41, 5.74) is 0.336. The van der Waals surface area contributed by atoms with Gasteiger partial charge in [0, 0.05) is 0 Å². The first kappa shape index (κ1) is 7.04. The largest absolute Gasteiger partial charge is 0.247 e. The topological polar surface area (TPSA) is 0 Å². The lowest BCUT2D eigenvalue weighted by Gasteiger charge is -2.39. The average Bonchev–Trinajstić information content (AvgIpc) is 1.55. The van der Waals surface area contributed by atoms with E-state index in [9.17, 15) is 4.39 Å². The second-order valence-corrected chi connectivity index (χ2v) is 4.13. The van der Waals surface area contributed by atoms with Crippen LogP contribution in [0.4, 0.5) is 4.39 Å². The van der Waals surface area contributed by atoms with Crippen molar-refractivity contribution in [2.75, 3.05) is 0 Å². The minimum Gasteiger partial charge on any atom is -0.247 e. The molecule has 0 aromatic rings. The normalized spacial score (nSPS) is 36.0. The highest BCUT2D eigenvalue weighted by Crippen LogP contribution is 2.42. The zero-order valence-corrected chi connectivity index (χ0v) is 6.45. The van der Waals surface area contributed by atoms with Gasteiger partial charge in [0.2, 0.25) is 0 Å². The summed E-state index contributed by atoms with van der Waals surface area (Å²) < 4.78 is 12.3. The predicted molar refractivity (Wildman–Crippen MR) is 37.1 cm³/mol. The van der Waals surface area contributed by atoms with Gasteiger partial charge in [0.05, 0.1) is 0 Å². The van der Waals surface area contributed by atoms with Gasteiger partial charge in [0.25, 0.3) is 0 Å². The van der Waals surface area contributed by atoms with Crippen molar-refractivity contribution in [2.45, 2.75) is 39.8 Å². The van der Waals surface area contributed by atoms with Gasteiger partial charge in [-0.15, -0.1) is 0 Å². The molecule has 1 fully saturated rings. The molecule has 0 unspecified atom stereocenters. The quantitative estimate of drug-likeness (QED) is 0.473. The average molecular weight is 130 g/mol. The number of halogens is 1. The molecule has 1 saturated carbocycles. The summed E-state index contributed by atoms with van der Waals surface area (Å²) in [5.74, 6) is 0.632.